The van der Waals surface area contributed by atoms with E-state index >= 15 is 0 Å². The fourth-order valence-corrected chi connectivity index (χ4v) is 5.50. The molecule has 1 amide bonds. The van der Waals surface area contributed by atoms with Crippen molar-refractivity contribution in [3.8, 4) is 0 Å². The molecule has 0 aromatic heterocycles. The quantitative estimate of drug-likeness (QED) is 0.872. The van der Waals surface area contributed by atoms with Crippen molar-refractivity contribution in [1.82, 2.24) is 5.32 Å². The predicted molar refractivity (Wildman–Crippen MR) is 79.8 cm³/mol. The molecule has 4 fully saturated rings. The zero-order valence-electron chi connectivity index (χ0n) is 11.9. The van der Waals surface area contributed by atoms with Gasteiger partial charge in [-0.1, -0.05) is 11.6 Å². The van der Waals surface area contributed by atoms with E-state index in [2.05, 4.69) is 5.32 Å². The monoisotopic (exact) mass is 307 g/mol. The van der Waals surface area contributed by atoms with Crippen molar-refractivity contribution in [3.05, 3.63) is 34.6 Å². The van der Waals surface area contributed by atoms with E-state index in [1.165, 1.54) is 37.5 Å². The van der Waals surface area contributed by atoms with Crippen molar-refractivity contribution < 1.29 is 9.18 Å². The standard InChI is InChI=1S/C17H19ClFNO/c18-15-6-13(19)1-2-14(15)16(21)20-17-7-10-3-11(8-17)5-12(4-10)9-17/h1-2,6,10-12H,3-5,7-9H2,(H,20,21). The average Bonchev–Trinajstić information content (AvgIpc) is 2.35. The van der Waals surface area contributed by atoms with Gasteiger partial charge in [0, 0.05) is 5.54 Å². The van der Waals surface area contributed by atoms with E-state index < -0.39 is 5.82 Å². The molecule has 5 rings (SSSR count). The second kappa shape index (κ2) is 4.70. The summed E-state index contributed by atoms with van der Waals surface area (Å²) < 4.78 is 13.1. The fourth-order valence-electron chi connectivity index (χ4n) is 5.25. The van der Waals surface area contributed by atoms with Crippen molar-refractivity contribution >= 4 is 17.5 Å². The van der Waals surface area contributed by atoms with Crippen molar-refractivity contribution in [3.63, 3.8) is 0 Å². The zero-order valence-corrected chi connectivity index (χ0v) is 12.6. The van der Waals surface area contributed by atoms with E-state index in [0.29, 0.717) is 5.56 Å². The maximum Gasteiger partial charge on any atom is 0.253 e. The van der Waals surface area contributed by atoms with Gasteiger partial charge in [0.05, 0.1) is 10.6 Å². The Bertz CT molecular complexity index is 565. The van der Waals surface area contributed by atoms with Gasteiger partial charge in [0.2, 0.25) is 0 Å². The molecular formula is C17H19ClFNO. The van der Waals surface area contributed by atoms with Crippen molar-refractivity contribution in [2.24, 2.45) is 17.8 Å². The maximum atomic E-state index is 13.1. The van der Waals surface area contributed by atoms with Crippen molar-refractivity contribution in [1.29, 1.82) is 0 Å². The first kappa shape index (κ1) is 13.6. The third kappa shape index (κ3) is 2.36. The highest BCUT2D eigenvalue weighted by atomic mass is 35.5. The van der Waals surface area contributed by atoms with E-state index in [1.54, 1.807) is 0 Å². The van der Waals surface area contributed by atoms with Crippen LogP contribution in [-0.2, 0) is 0 Å². The number of hydrogen-bond donors (Lipinski definition) is 1. The lowest BCUT2D eigenvalue weighted by Crippen LogP contribution is -2.59. The molecule has 0 radical (unpaired) electrons. The lowest BCUT2D eigenvalue weighted by molar-refractivity contribution is -0.0166. The van der Waals surface area contributed by atoms with Crippen LogP contribution in [0.25, 0.3) is 0 Å². The van der Waals surface area contributed by atoms with Crippen LogP contribution in [0.5, 0.6) is 0 Å². The largest absolute Gasteiger partial charge is 0.347 e. The maximum absolute atomic E-state index is 13.1. The Balaban J connectivity index is 1.57. The summed E-state index contributed by atoms with van der Waals surface area (Å²) in [6.45, 7) is 0. The third-order valence-electron chi connectivity index (χ3n) is 5.59. The van der Waals surface area contributed by atoms with Gasteiger partial charge in [0.1, 0.15) is 5.82 Å². The Kier molecular flexibility index (Phi) is 3.04. The number of carbonyl (C=O) groups excluding carboxylic acids is 1. The van der Waals surface area contributed by atoms with Gasteiger partial charge in [0.25, 0.3) is 5.91 Å². The van der Waals surface area contributed by atoms with Crippen LogP contribution in [0.15, 0.2) is 18.2 Å². The van der Waals surface area contributed by atoms with Crippen molar-refractivity contribution in [2.45, 2.75) is 44.1 Å². The molecule has 4 aliphatic rings. The molecule has 1 N–H and O–H groups in total. The first-order valence-electron chi connectivity index (χ1n) is 7.81. The minimum Gasteiger partial charge on any atom is -0.347 e. The molecule has 2 nitrogen and oxygen atoms in total. The number of hydrogen-bond acceptors (Lipinski definition) is 1. The Morgan fingerprint density at radius 3 is 2.24 bits per heavy atom. The molecule has 1 aromatic rings. The van der Waals surface area contributed by atoms with Gasteiger partial charge in [-0.05, 0) is 74.5 Å². The average molecular weight is 308 g/mol. The number of carbonyl (C=O) groups is 1. The highest BCUT2D eigenvalue weighted by Crippen LogP contribution is 2.55. The second-order valence-corrected chi connectivity index (χ2v) is 7.68. The van der Waals surface area contributed by atoms with Crippen LogP contribution in [0.3, 0.4) is 0 Å². The Labute approximate surface area is 129 Å². The molecule has 4 heteroatoms. The molecule has 4 saturated carbocycles. The lowest BCUT2D eigenvalue weighted by Gasteiger charge is -2.56. The smallest absolute Gasteiger partial charge is 0.253 e. The minimum absolute atomic E-state index is 0.0381. The van der Waals surface area contributed by atoms with Crippen LogP contribution < -0.4 is 5.32 Å². The number of halogens is 2. The number of rotatable bonds is 2. The number of amides is 1. The van der Waals surface area contributed by atoms with E-state index in [4.69, 9.17) is 11.6 Å². The fraction of sp³-hybridized carbons (Fsp3) is 0.588. The molecule has 0 unspecified atom stereocenters. The Hall–Kier alpha value is -1.09. The molecule has 0 atom stereocenters. The van der Waals surface area contributed by atoms with Gasteiger partial charge in [-0.15, -0.1) is 0 Å². The highest BCUT2D eigenvalue weighted by Gasteiger charge is 2.51. The van der Waals surface area contributed by atoms with Gasteiger partial charge in [-0.25, -0.2) is 4.39 Å². The van der Waals surface area contributed by atoms with Gasteiger partial charge in [0.15, 0.2) is 0 Å². The molecule has 21 heavy (non-hydrogen) atoms. The van der Waals surface area contributed by atoms with E-state index in [1.807, 2.05) is 0 Å². The zero-order chi connectivity index (χ0) is 14.6. The summed E-state index contributed by atoms with van der Waals surface area (Å²) in [5.41, 5.74) is 0.345. The number of nitrogens with one attached hydrogen (secondary N) is 1. The van der Waals surface area contributed by atoms with E-state index in [9.17, 15) is 9.18 Å². The molecule has 112 valence electrons. The highest BCUT2D eigenvalue weighted by molar-refractivity contribution is 6.33. The summed E-state index contributed by atoms with van der Waals surface area (Å²) in [4.78, 5) is 12.5. The van der Waals surface area contributed by atoms with Crippen LogP contribution in [0.1, 0.15) is 48.9 Å². The van der Waals surface area contributed by atoms with Crippen LogP contribution in [0.2, 0.25) is 5.02 Å². The van der Waals surface area contributed by atoms with Gasteiger partial charge in [-0.3, -0.25) is 4.79 Å². The molecule has 0 spiro atoms. The summed E-state index contributed by atoms with van der Waals surface area (Å²) >= 11 is 6.01. The topological polar surface area (TPSA) is 29.1 Å². The molecule has 4 bridgehead atoms. The van der Waals surface area contributed by atoms with E-state index in [-0.39, 0.29) is 16.5 Å². The summed E-state index contributed by atoms with van der Waals surface area (Å²) in [6.07, 6.45) is 7.32. The Morgan fingerprint density at radius 2 is 1.71 bits per heavy atom. The van der Waals surface area contributed by atoms with Crippen LogP contribution in [-0.4, -0.2) is 11.4 Å². The first-order valence-corrected chi connectivity index (χ1v) is 8.18. The third-order valence-corrected chi connectivity index (χ3v) is 5.91. The minimum atomic E-state index is -0.411. The van der Waals surface area contributed by atoms with Crippen molar-refractivity contribution in [2.75, 3.05) is 0 Å². The summed E-state index contributed by atoms with van der Waals surface area (Å²) in [6, 6.07) is 3.98. The van der Waals surface area contributed by atoms with Gasteiger partial charge < -0.3 is 5.32 Å². The molecule has 0 aliphatic heterocycles. The molecule has 4 aliphatic carbocycles. The van der Waals surface area contributed by atoms with Crippen LogP contribution in [0, 0.1) is 23.6 Å². The SMILES string of the molecule is O=C(NC12CC3CC(CC(C3)C1)C2)c1ccc(F)cc1Cl. The van der Waals surface area contributed by atoms with Crippen LogP contribution in [0.4, 0.5) is 4.39 Å². The molecular weight excluding hydrogens is 289 g/mol. The summed E-state index contributed by atoms with van der Waals surface area (Å²) in [5, 5.41) is 3.45. The molecule has 0 saturated heterocycles. The normalized spacial score (nSPS) is 36.8. The second-order valence-electron chi connectivity index (χ2n) is 7.28. The summed E-state index contributed by atoms with van der Waals surface area (Å²) in [5.74, 6) is 1.77. The first-order chi connectivity index (χ1) is 10.0. The predicted octanol–water partition coefficient (Wildman–Crippen LogP) is 4.18. The van der Waals surface area contributed by atoms with E-state index in [0.717, 1.165) is 37.0 Å². The Morgan fingerprint density at radius 1 is 1.14 bits per heavy atom. The number of benzene rings is 1. The van der Waals surface area contributed by atoms with Gasteiger partial charge in [-0.2, -0.15) is 0 Å². The molecule has 1 aromatic carbocycles. The summed E-state index contributed by atoms with van der Waals surface area (Å²) in [7, 11) is 0. The molecule has 0 heterocycles. The van der Waals surface area contributed by atoms with Gasteiger partial charge >= 0.3 is 0 Å². The lowest BCUT2D eigenvalue weighted by atomic mass is 9.53. The van der Waals surface area contributed by atoms with Crippen LogP contribution >= 0.6 is 11.6 Å².